The fourth-order valence-electron chi connectivity index (χ4n) is 1.37. The quantitative estimate of drug-likeness (QED) is 0.761. The van der Waals surface area contributed by atoms with Gasteiger partial charge in [0.25, 0.3) is 0 Å². The average molecular weight is 271 g/mol. The summed E-state index contributed by atoms with van der Waals surface area (Å²) in [6.45, 7) is 2.08. The van der Waals surface area contributed by atoms with Crippen molar-refractivity contribution in [3.05, 3.63) is 28.2 Å². The van der Waals surface area contributed by atoms with Gasteiger partial charge in [-0.15, -0.1) is 0 Å². The first kappa shape index (κ1) is 12.2. The lowest BCUT2D eigenvalue weighted by Gasteiger charge is -2.07. The number of Topliss-reactive ketones (excluding diaryl/α,β-unsaturated/α-hetero) is 1. The first-order chi connectivity index (χ1) is 7.19. The summed E-state index contributed by atoms with van der Waals surface area (Å²) >= 11 is 3.35. The summed E-state index contributed by atoms with van der Waals surface area (Å²) in [7, 11) is 1.58. The normalized spacial score (nSPS) is 10.1. The van der Waals surface area contributed by atoms with Crippen molar-refractivity contribution in [3.8, 4) is 5.75 Å². The maximum atomic E-state index is 11.8. The minimum Gasteiger partial charge on any atom is -0.496 e. The Morgan fingerprint density at radius 1 is 1.47 bits per heavy atom. The van der Waals surface area contributed by atoms with Crippen LogP contribution in [0.1, 0.15) is 36.5 Å². The molecule has 82 valence electrons. The Labute approximate surface area is 98.8 Å². The van der Waals surface area contributed by atoms with Crippen LogP contribution in [0.25, 0.3) is 0 Å². The largest absolute Gasteiger partial charge is 0.496 e. The lowest BCUT2D eigenvalue weighted by Crippen LogP contribution is -2.01. The molecule has 1 aromatic rings. The molecule has 0 unspecified atom stereocenters. The number of ether oxygens (including phenoxy) is 1. The van der Waals surface area contributed by atoms with E-state index in [2.05, 4.69) is 22.9 Å². The third-order valence-electron chi connectivity index (χ3n) is 2.22. The standard InChI is InChI=1S/C12H15BrO2/c1-3-4-5-11(14)10-7-6-9(13)8-12(10)15-2/h6-8H,3-5H2,1-2H3. The zero-order valence-electron chi connectivity index (χ0n) is 9.05. The third-order valence-corrected chi connectivity index (χ3v) is 2.71. The topological polar surface area (TPSA) is 26.3 Å². The lowest BCUT2D eigenvalue weighted by atomic mass is 10.0. The van der Waals surface area contributed by atoms with Crippen molar-refractivity contribution < 1.29 is 9.53 Å². The molecule has 0 bridgehead atoms. The van der Waals surface area contributed by atoms with Gasteiger partial charge in [-0.05, 0) is 24.6 Å². The Hall–Kier alpha value is -0.830. The van der Waals surface area contributed by atoms with E-state index in [4.69, 9.17) is 4.74 Å². The van der Waals surface area contributed by atoms with Crippen LogP contribution in [-0.2, 0) is 0 Å². The van der Waals surface area contributed by atoms with Crippen LogP contribution in [0, 0.1) is 0 Å². The fourth-order valence-corrected chi connectivity index (χ4v) is 1.71. The van der Waals surface area contributed by atoms with Crippen LogP contribution in [-0.4, -0.2) is 12.9 Å². The molecule has 0 heterocycles. The van der Waals surface area contributed by atoms with E-state index in [9.17, 15) is 4.79 Å². The van der Waals surface area contributed by atoms with E-state index in [0.29, 0.717) is 17.7 Å². The van der Waals surface area contributed by atoms with Crippen LogP contribution in [0.2, 0.25) is 0 Å². The number of halogens is 1. The summed E-state index contributed by atoms with van der Waals surface area (Å²) in [5.74, 6) is 0.798. The number of rotatable bonds is 5. The van der Waals surface area contributed by atoms with E-state index in [-0.39, 0.29) is 5.78 Å². The Morgan fingerprint density at radius 3 is 2.80 bits per heavy atom. The van der Waals surface area contributed by atoms with Crippen molar-refractivity contribution in [3.63, 3.8) is 0 Å². The number of unbranched alkanes of at least 4 members (excludes halogenated alkanes) is 1. The minimum atomic E-state index is 0.154. The highest BCUT2D eigenvalue weighted by atomic mass is 79.9. The van der Waals surface area contributed by atoms with Crippen molar-refractivity contribution in [1.82, 2.24) is 0 Å². The Bertz CT molecular complexity index is 347. The van der Waals surface area contributed by atoms with E-state index in [1.165, 1.54) is 0 Å². The van der Waals surface area contributed by atoms with Gasteiger partial charge in [-0.3, -0.25) is 4.79 Å². The molecule has 0 spiro atoms. The van der Waals surface area contributed by atoms with Gasteiger partial charge in [0.05, 0.1) is 12.7 Å². The molecule has 0 N–H and O–H groups in total. The molecule has 3 heteroatoms. The lowest BCUT2D eigenvalue weighted by molar-refractivity contribution is 0.0977. The van der Waals surface area contributed by atoms with Gasteiger partial charge in [-0.2, -0.15) is 0 Å². The van der Waals surface area contributed by atoms with Gasteiger partial charge in [0.2, 0.25) is 0 Å². The number of benzene rings is 1. The highest BCUT2D eigenvalue weighted by Gasteiger charge is 2.11. The average Bonchev–Trinajstić information content (AvgIpc) is 2.25. The van der Waals surface area contributed by atoms with Crippen molar-refractivity contribution >= 4 is 21.7 Å². The molecule has 0 atom stereocenters. The van der Waals surface area contributed by atoms with Crippen LogP contribution in [0.3, 0.4) is 0 Å². The summed E-state index contributed by atoms with van der Waals surface area (Å²) in [6, 6.07) is 5.49. The predicted molar refractivity (Wildman–Crippen MR) is 64.5 cm³/mol. The molecule has 0 radical (unpaired) electrons. The Kier molecular flexibility index (Phi) is 4.82. The maximum Gasteiger partial charge on any atom is 0.166 e. The smallest absolute Gasteiger partial charge is 0.166 e. The van der Waals surface area contributed by atoms with Gasteiger partial charge in [0.1, 0.15) is 5.75 Å². The molecular formula is C12H15BrO2. The summed E-state index contributed by atoms with van der Waals surface area (Å²) in [4.78, 5) is 11.8. The van der Waals surface area contributed by atoms with E-state index in [1.807, 2.05) is 12.1 Å². The van der Waals surface area contributed by atoms with Crippen molar-refractivity contribution in [2.75, 3.05) is 7.11 Å². The van der Waals surface area contributed by atoms with E-state index >= 15 is 0 Å². The number of carbonyl (C=O) groups is 1. The van der Waals surface area contributed by atoms with E-state index in [0.717, 1.165) is 17.3 Å². The molecular weight excluding hydrogens is 256 g/mol. The van der Waals surface area contributed by atoms with Crippen LogP contribution in [0.4, 0.5) is 0 Å². The SMILES string of the molecule is CCCCC(=O)c1ccc(Br)cc1OC. The molecule has 15 heavy (non-hydrogen) atoms. The zero-order chi connectivity index (χ0) is 11.3. The number of hydrogen-bond acceptors (Lipinski definition) is 2. The van der Waals surface area contributed by atoms with Crippen LogP contribution in [0.15, 0.2) is 22.7 Å². The molecule has 2 nitrogen and oxygen atoms in total. The zero-order valence-corrected chi connectivity index (χ0v) is 10.6. The Balaban J connectivity index is 2.87. The van der Waals surface area contributed by atoms with Gasteiger partial charge >= 0.3 is 0 Å². The number of hydrogen-bond donors (Lipinski definition) is 0. The first-order valence-electron chi connectivity index (χ1n) is 5.05. The molecule has 0 aliphatic carbocycles. The monoisotopic (exact) mass is 270 g/mol. The highest BCUT2D eigenvalue weighted by molar-refractivity contribution is 9.10. The first-order valence-corrected chi connectivity index (χ1v) is 5.85. The second kappa shape index (κ2) is 5.91. The van der Waals surface area contributed by atoms with E-state index < -0.39 is 0 Å². The molecule has 0 fully saturated rings. The summed E-state index contributed by atoms with van der Waals surface area (Å²) < 4.78 is 6.10. The molecule has 0 aliphatic rings. The Morgan fingerprint density at radius 2 is 2.20 bits per heavy atom. The minimum absolute atomic E-state index is 0.154. The predicted octanol–water partition coefficient (Wildman–Crippen LogP) is 3.83. The summed E-state index contributed by atoms with van der Waals surface area (Å²) in [6.07, 6.45) is 2.55. The van der Waals surface area contributed by atoms with Gasteiger partial charge in [0.15, 0.2) is 5.78 Å². The van der Waals surface area contributed by atoms with E-state index in [1.54, 1.807) is 13.2 Å². The molecule has 0 aromatic heterocycles. The molecule has 0 saturated carbocycles. The van der Waals surface area contributed by atoms with Crippen LogP contribution in [0.5, 0.6) is 5.75 Å². The van der Waals surface area contributed by atoms with Gasteiger partial charge in [-0.25, -0.2) is 0 Å². The van der Waals surface area contributed by atoms with Gasteiger partial charge in [0, 0.05) is 10.9 Å². The molecule has 0 saturated heterocycles. The van der Waals surface area contributed by atoms with Gasteiger partial charge in [-0.1, -0.05) is 29.3 Å². The van der Waals surface area contributed by atoms with Crippen molar-refractivity contribution in [1.29, 1.82) is 0 Å². The van der Waals surface area contributed by atoms with Crippen molar-refractivity contribution in [2.45, 2.75) is 26.2 Å². The fraction of sp³-hybridized carbons (Fsp3) is 0.417. The third kappa shape index (κ3) is 3.34. The summed E-state index contributed by atoms with van der Waals surface area (Å²) in [5, 5.41) is 0. The van der Waals surface area contributed by atoms with Crippen molar-refractivity contribution in [2.24, 2.45) is 0 Å². The molecule has 0 aliphatic heterocycles. The molecule has 0 amide bonds. The second-order valence-electron chi connectivity index (χ2n) is 3.37. The number of ketones is 1. The molecule has 1 rings (SSSR count). The maximum absolute atomic E-state index is 11.8. The van der Waals surface area contributed by atoms with Crippen LogP contribution < -0.4 is 4.74 Å². The summed E-state index contributed by atoms with van der Waals surface area (Å²) in [5.41, 5.74) is 0.675. The van der Waals surface area contributed by atoms with Gasteiger partial charge < -0.3 is 4.74 Å². The molecule has 1 aromatic carbocycles. The highest BCUT2D eigenvalue weighted by Crippen LogP contribution is 2.24. The number of carbonyl (C=O) groups excluding carboxylic acids is 1. The van der Waals surface area contributed by atoms with Crippen LogP contribution >= 0.6 is 15.9 Å². The second-order valence-corrected chi connectivity index (χ2v) is 4.29. The number of methoxy groups -OCH3 is 1.